The molecule has 0 radical (unpaired) electrons. The molecule has 0 spiro atoms. The van der Waals surface area contributed by atoms with Crippen LogP contribution in [0.1, 0.15) is 45.7 Å². The number of rotatable bonds is 9. The van der Waals surface area contributed by atoms with Gasteiger partial charge < -0.3 is 10.1 Å². The van der Waals surface area contributed by atoms with Gasteiger partial charge in [-0.25, -0.2) is 0 Å². The lowest BCUT2D eigenvalue weighted by atomic mass is 10.2. The molecular formula is C14H25N3O. The molecule has 0 saturated heterocycles. The van der Waals surface area contributed by atoms with E-state index in [9.17, 15) is 0 Å². The van der Waals surface area contributed by atoms with Gasteiger partial charge in [0.05, 0.1) is 12.3 Å². The Hall–Kier alpha value is -1.16. The molecule has 4 heteroatoms. The number of ether oxygens (including phenoxy) is 1. The van der Waals surface area contributed by atoms with E-state index in [2.05, 4.69) is 36.3 Å². The summed E-state index contributed by atoms with van der Waals surface area (Å²) in [5.74, 6) is 1.28. The summed E-state index contributed by atoms with van der Waals surface area (Å²) in [6.45, 7) is 9.04. The van der Waals surface area contributed by atoms with Gasteiger partial charge in [0.2, 0.25) is 5.88 Å². The Morgan fingerprint density at radius 2 is 2.06 bits per heavy atom. The standard InChI is InChI=1S/C14H25N3O/c1-4-5-6-9-18-14-8-7-13(16-17-14)11-15-10-12(2)3/h7-8,12,15H,4-6,9-11H2,1-3H3. The predicted octanol–water partition coefficient (Wildman–Crippen LogP) is 2.79. The van der Waals surface area contributed by atoms with Crippen molar-refractivity contribution in [3.63, 3.8) is 0 Å². The van der Waals surface area contributed by atoms with Crippen molar-refractivity contribution in [2.24, 2.45) is 5.92 Å². The van der Waals surface area contributed by atoms with Crippen LogP contribution in [-0.4, -0.2) is 23.3 Å². The molecule has 4 nitrogen and oxygen atoms in total. The number of nitrogens with zero attached hydrogens (tertiary/aromatic N) is 2. The maximum atomic E-state index is 5.51. The van der Waals surface area contributed by atoms with Crippen LogP contribution in [0.3, 0.4) is 0 Å². The minimum absolute atomic E-state index is 0.624. The van der Waals surface area contributed by atoms with Crippen LogP contribution < -0.4 is 10.1 Å². The summed E-state index contributed by atoms with van der Waals surface area (Å²) in [6, 6.07) is 3.86. The second kappa shape index (κ2) is 8.86. The van der Waals surface area contributed by atoms with Crippen molar-refractivity contribution in [2.45, 2.75) is 46.6 Å². The number of unbranched alkanes of at least 4 members (excludes halogenated alkanes) is 2. The van der Waals surface area contributed by atoms with Crippen LogP contribution in [0.5, 0.6) is 5.88 Å². The number of hydrogen-bond donors (Lipinski definition) is 1. The molecule has 0 aromatic carbocycles. The quantitative estimate of drug-likeness (QED) is 0.686. The van der Waals surface area contributed by atoms with Gasteiger partial charge >= 0.3 is 0 Å². The van der Waals surface area contributed by atoms with E-state index in [4.69, 9.17) is 4.74 Å². The summed E-state index contributed by atoms with van der Waals surface area (Å²) in [5.41, 5.74) is 0.955. The largest absolute Gasteiger partial charge is 0.477 e. The molecular weight excluding hydrogens is 226 g/mol. The van der Waals surface area contributed by atoms with Crippen molar-refractivity contribution in [3.8, 4) is 5.88 Å². The van der Waals surface area contributed by atoms with Gasteiger partial charge in [0.1, 0.15) is 0 Å². The molecule has 1 aromatic heterocycles. The second-order valence-corrected chi connectivity index (χ2v) is 4.94. The maximum Gasteiger partial charge on any atom is 0.233 e. The van der Waals surface area contributed by atoms with Crippen molar-refractivity contribution < 1.29 is 4.74 Å². The third kappa shape index (κ3) is 6.55. The first-order valence-electron chi connectivity index (χ1n) is 6.88. The SMILES string of the molecule is CCCCCOc1ccc(CNCC(C)C)nn1. The Kier molecular flexibility index (Phi) is 7.34. The summed E-state index contributed by atoms with van der Waals surface area (Å²) in [7, 11) is 0. The van der Waals surface area contributed by atoms with Crippen molar-refractivity contribution in [1.82, 2.24) is 15.5 Å². The predicted molar refractivity (Wildman–Crippen MR) is 73.6 cm³/mol. The van der Waals surface area contributed by atoms with Gasteiger partial charge in [0.25, 0.3) is 0 Å². The van der Waals surface area contributed by atoms with Gasteiger partial charge in [-0.05, 0) is 24.9 Å². The molecule has 0 atom stereocenters. The van der Waals surface area contributed by atoms with Crippen molar-refractivity contribution in [3.05, 3.63) is 17.8 Å². The normalized spacial score (nSPS) is 10.9. The van der Waals surface area contributed by atoms with E-state index < -0.39 is 0 Å². The van der Waals surface area contributed by atoms with Gasteiger partial charge in [0.15, 0.2) is 0 Å². The third-order valence-corrected chi connectivity index (χ3v) is 2.55. The van der Waals surface area contributed by atoms with Crippen molar-refractivity contribution >= 4 is 0 Å². The minimum Gasteiger partial charge on any atom is -0.477 e. The molecule has 0 amide bonds. The summed E-state index contributed by atoms with van der Waals surface area (Å²) < 4.78 is 5.51. The van der Waals surface area contributed by atoms with Crippen LogP contribution in [0.25, 0.3) is 0 Å². The Morgan fingerprint density at radius 3 is 2.67 bits per heavy atom. The summed E-state index contributed by atoms with van der Waals surface area (Å²) in [6.07, 6.45) is 3.48. The summed E-state index contributed by atoms with van der Waals surface area (Å²) >= 11 is 0. The highest BCUT2D eigenvalue weighted by atomic mass is 16.5. The highest BCUT2D eigenvalue weighted by Crippen LogP contribution is 2.06. The Bertz CT molecular complexity index is 311. The van der Waals surface area contributed by atoms with E-state index in [1.165, 1.54) is 12.8 Å². The van der Waals surface area contributed by atoms with Gasteiger partial charge in [-0.15, -0.1) is 5.10 Å². The molecule has 0 unspecified atom stereocenters. The van der Waals surface area contributed by atoms with E-state index >= 15 is 0 Å². The lowest BCUT2D eigenvalue weighted by Crippen LogP contribution is -2.19. The van der Waals surface area contributed by atoms with Crippen LogP contribution in [0, 0.1) is 5.92 Å². The fourth-order valence-corrected chi connectivity index (χ4v) is 1.54. The lowest BCUT2D eigenvalue weighted by molar-refractivity contribution is 0.291. The third-order valence-electron chi connectivity index (χ3n) is 2.55. The van der Waals surface area contributed by atoms with Crippen molar-refractivity contribution in [1.29, 1.82) is 0 Å². The Balaban J connectivity index is 2.24. The lowest BCUT2D eigenvalue weighted by Gasteiger charge is -2.07. The first-order chi connectivity index (χ1) is 8.72. The highest BCUT2D eigenvalue weighted by molar-refractivity contribution is 5.11. The van der Waals surface area contributed by atoms with Gasteiger partial charge in [-0.2, -0.15) is 5.10 Å². The molecule has 0 aliphatic carbocycles. The molecule has 1 heterocycles. The number of hydrogen-bond acceptors (Lipinski definition) is 4. The van der Waals surface area contributed by atoms with Crippen LogP contribution in [0.2, 0.25) is 0 Å². The average molecular weight is 251 g/mol. The zero-order valence-corrected chi connectivity index (χ0v) is 11.8. The van der Waals surface area contributed by atoms with Crippen LogP contribution >= 0.6 is 0 Å². The minimum atomic E-state index is 0.624. The van der Waals surface area contributed by atoms with E-state index in [0.717, 1.165) is 31.8 Å². The van der Waals surface area contributed by atoms with E-state index in [1.807, 2.05) is 12.1 Å². The Labute approximate surface area is 110 Å². The molecule has 0 aliphatic heterocycles. The molecule has 1 rings (SSSR count). The molecule has 0 bridgehead atoms. The van der Waals surface area contributed by atoms with E-state index in [-0.39, 0.29) is 0 Å². The maximum absolute atomic E-state index is 5.51. The first kappa shape index (κ1) is 14.9. The second-order valence-electron chi connectivity index (χ2n) is 4.94. The summed E-state index contributed by atoms with van der Waals surface area (Å²) in [4.78, 5) is 0. The summed E-state index contributed by atoms with van der Waals surface area (Å²) in [5, 5.41) is 11.5. The molecule has 1 aromatic rings. The molecule has 18 heavy (non-hydrogen) atoms. The zero-order valence-electron chi connectivity index (χ0n) is 11.8. The highest BCUT2D eigenvalue weighted by Gasteiger charge is 1.99. The number of nitrogens with one attached hydrogen (secondary N) is 1. The topological polar surface area (TPSA) is 47.0 Å². The van der Waals surface area contributed by atoms with Gasteiger partial charge in [-0.1, -0.05) is 33.6 Å². The molecule has 0 aliphatic rings. The molecule has 1 N–H and O–H groups in total. The zero-order chi connectivity index (χ0) is 13.2. The molecule has 0 saturated carbocycles. The molecule has 0 fully saturated rings. The number of aromatic nitrogens is 2. The van der Waals surface area contributed by atoms with E-state index in [1.54, 1.807) is 0 Å². The van der Waals surface area contributed by atoms with Crippen LogP contribution in [0.15, 0.2) is 12.1 Å². The van der Waals surface area contributed by atoms with Crippen molar-refractivity contribution in [2.75, 3.05) is 13.2 Å². The van der Waals surface area contributed by atoms with Gasteiger partial charge in [-0.3, -0.25) is 0 Å². The fourth-order valence-electron chi connectivity index (χ4n) is 1.54. The monoisotopic (exact) mass is 251 g/mol. The van der Waals surface area contributed by atoms with Crippen LogP contribution in [-0.2, 0) is 6.54 Å². The fraction of sp³-hybridized carbons (Fsp3) is 0.714. The smallest absolute Gasteiger partial charge is 0.233 e. The Morgan fingerprint density at radius 1 is 1.22 bits per heavy atom. The first-order valence-corrected chi connectivity index (χ1v) is 6.88. The van der Waals surface area contributed by atoms with Gasteiger partial charge in [0, 0.05) is 12.6 Å². The average Bonchev–Trinajstić information content (AvgIpc) is 2.36. The molecule has 102 valence electrons. The van der Waals surface area contributed by atoms with Crippen LogP contribution in [0.4, 0.5) is 0 Å². The van der Waals surface area contributed by atoms with E-state index in [0.29, 0.717) is 11.8 Å².